The molecule has 0 saturated carbocycles. The molecule has 78 valence electrons. The first kappa shape index (κ1) is 12.1. The van der Waals surface area contributed by atoms with Crippen LogP contribution in [0.4, 0.5) is 0 Å². The number of hydrogen-bond donors (Lipinski definition) is 0. The largest absolute Gasteiger partial charge is 0.157 e. The van der Waals surface area contributed by atoms with Crippen LogP contribution in [0.2, 0.25) is 0 Å². The van der Waals surface area contributed by atoms with Crippen molar-refractivity contribution in [2.24, 2.45) is 5.92 Å². The molecular formula is C12H17BrS. The lowest BCUT2D eigenvalue weighted by Gasteiger charge is -2.05. The van der Waals surface area contributed by atoms with Gasteiger partial charge in [0, 0.05) is 10.2 Å². The van der Waals surface area contributed by atoms with E-state index in [1.54, 1.807) is 0 Å². The first-order valence-electron chi connectivity index (χ1n) is 5.01. The summed E-state index contributed by atoms with van der Waals surface area (Å²) < 4.78 is 1.23. The van der Waals surface area contributed by atoms with Crippen LogP contribution in [0, 0.1) is 5.92 Å². The SMILES string of the molecule is CC(C)CCSCc1ccccc1Br. The monoisotopic (exact) mass is 272 g/mol. The van der Waals surface area contributed by atoms with Gasteiger partial charge in [0.15, 0.2) is 0 Å². The van der Waals surface area contributed by atoms with E-state index in [0.29, 0.717) is 0 Å². The fourth-order valence-electron chi connectivity index (χ4n) is 1.12. The van der Waals surface area contributed by atoms with E-state index in [2.05, 4.69) is 54.0 Å². The molecule has 1 aromatic rings. The zero-order chi connectivity index (χ0) is 10.4. The predicted molar refractivity (Wildman–Crippen MR) is 69.8 cm³/mol. The second-order valence-corrected chi connectivity index (χ2v) is 5.79. The first-order chi connectivity index (χ1) is 6.70. The Morgan fingerprint density at radius 2 is 2.00 bits per heavy atom. The highest BCUT2D eigenvalue weighted by Crippen LogP contribution is 2.22. The van der Waals surface area contributed by atoms with Gasteiger partial charge in [-0.2, -0.15) is 11.8 Å². The quantitative estimate of drug-likeness (QED) is 0.699. The highest BCUT2D eigenvalue weighted by molar-refractivity contribution is 9.10. The summed E-state index contributed by atoms with van der Waals surface area (Å²) in [5.41, 5.74) is 1.40. The molecule has 0 saturated heterocycles. The molecule has 0 aliphatic rings. The van der Waals surface area contributed by atoms with Gasteiger partial charge < -0.3 is 0 Å². The average molecular weight is 273 g/mol. The van der Waals surface area contributed by atoms with Crippen LogP contribution in [0.1, 0.15) is 25.8 Å². The van der Waals surface area contributed by atoms with Crippen LogP contribution >= 0.6 is 27.7 Å². The van der Waals surface area contributed by atoms with E-state index in [0.717, 1.165) is 11.7 Å². The van der Waals surface area contributed by atoms with E-state index in [9.17, 15) is 0 Å². The van der Waals surface area contributed by atoms with Gasteiger partial charge in [0.1, 0.15) is 0 Å². The van der Waals surface area contributed by atoms with Crippen molar-refractivity contribution in [1.82, 2.24) is 0 Å². The highest BCUT2D eigenvalue weighted by Gasteiger charge is 1.99. The standard InChI is InChI=1S/C12H17BrS/c1-10(2)7-8-14-9-11-5-3-4-6-12(11)13/h3-6,10H,7-9H2,1-2H3. The molecule has 2 heteroatoms. The number of benzene rings is 1. The van der Waals surface area contributed by atoms with Crippen LogP contribution in [-0.4, -0.2) is 5.75 Å². The number of thioether (sulfide) groups is 1. The van der Waals surface area contributed by atoms with Crippen LogP contribution < -0.4 is 0 Å². The van der Waals surface area contributed by atoms with Crippen molar-refractivity contribution >= 4 is 27.7 Å². The topological polar surface area (TPSA) is 0 Å². The summed E-state index contributed by atoms with van der Waals surface area (Å²) in [5.74, 6) is 3.20. The maximum absolute atomic E-state index is 3.56. The van der Waals surface area contributed by atoms with Crippen molar-refractivity contribution in [1.29, 1.82) is 0 Å². The molecular weight excluding hydrogens is 256 g/mol. The Labute approximate surface area is 99.6 Å². The molecule has 14 heavy (non-hydrogen) atoms. The molecule has 0 N–H and O–H groups in total. The Bertz CT molecular complexity index is 271. The summed E-state index contributed by atoms with van der Waals surface area (Å²) in [5, 5.41) is 0. The minimum absolute atomic E-state index is 0.821. The number of rotatable bonds is 5. The molecule has 0 heterocycles. The summed E-state index contributed by atoms with van der Waals surface area (Å²) in [6.45, 7) is 4.55. The van der Waals surface area contributed by atoms with Gasteiger partial charge in [-0.3, -0.25) is 0 Å². The summed E-state index contributed by atoms with van der Waals surface area (Å²) in [6, 6.07) is 8.46. The van der Waals surface area contributed by atoms with E-state index in [-0.39, 0.29) is 0 Å². The maximum atomic E-state index is 3.56. The van der Waals surface area contributed by atoms with Gasteiger partial charge in [-0.1, -0.05) is 48.0 Å². The van der Waals surface area contributed by atoms with Gasteiger partial charge in [0.25, 0.3) is 0 Å². The van der Waals surface area contributed by atoms with E-state index >= 15 is 0 Å². The Morgan fingerprint density at radius 1 is 1.29 bits per heavy atom. The lowest BCUT2D eigenvalue weighted by Crippen LogP contribution is -1.90. The smallest absolute Gasteiger partial charge is 0.0215 e. The molecule has 0 bridgehead atoms. The Kier molecular flexibility index (Phi) is 5.64. The normalized spacial score (nSPS) is 10.9. The number of hydrogen-bond acceptors (Lipinski definition) is 1. The van der Waals surface area contributed by atoms with E-state index in [1.807, 2.05) is 11.8 Å². The van der Waals surface area contributed by atoms with E-state index < -0.39 is 0 Å². The molecule has 0 radical (unpaired) electrons. The number of halogens is 1. The van der Waals surface area contributed by atoms with Crippen LogP contribution in [0.5, 0.6) is 0 Å². The van der Waals surface area contributed by atoms with Gasteiger partial charge in [0.2, 0.25) is 0 Å². The van der Waals surface area contributed by atoms with Gasteiger partial charge in [0.05, 0.1) is 0 Å². The van der Waals surface area contributed by atoms with Crippen molar-refractivity contribution in [3.63, 3.8) is 0 Å². The fourth-order valence-corrected chi connectivity index (χ4v) is 2.98. The Morgan fingerprint density at radius 3 is 2.64 bits per heavy atom. The molecule has 0 spiro atoms. The van der Waals surface area contributed by atoms with Crippen LogP contribution in [0.15, 0.2) is 28.7 Å². The molecule has 0 aliphatic heterocycles. The second-order valence-electron chi connectivity index (χ2n) is 3.83. The zero-order valence-electron chi connectivity index (χ0n) is 8.79. The summed E-state index contributed by atoms with van der Waals surface area (Å²) in [4.78, 5) is 0. The molecule has 1 aromatic carbocycles. The Hall–Kier alpha value is 0.0500. The lowest BCUT2D eigenvalue weighted by molar-refractivity contribution is 0.632. The third kappa shape index (κ3) is 4.52. The van der Waals surface area contributed by atoms with Crippen molar-refractivity contribution in [3.05, 3.63) is 34.3 Å². The minimum Gasteiger partial charge on any atom is -0.157 e. The lowest BCUT2D eigenvalue weighted by atomic mass is 10.2. The predicted octanol–water partition coefficient (Wildman–Crippen LogP) is 4.73. The van der Waals surface area contributed by atoms with Gasteiger partial charge in [-0.05, 0) is 29.7 Å². The fraction of sp³-hybridized carbons (Fsp3) is 0.500. The molecule has 0 aromatic heterocycles. The molecule has 0 nitrogen and oxygen atoms in total. The van der Waals surface area contributed by atoms with Crippen molar-refractivity contribution < 1.29 is 0 Å². The molecule has 0 amide bonds. The zero-order valence-corrected chi connectivity index (χ0v) is 11.2. The van der Waals surface area contributed by atoms with Crippen LogP contribution in [0.25, 0.3) is 0 Å². The summed E-state index contributed by atoms with van der Waals surface area (Å²) in [6.07, 6.45) is 1.31. The van der Waals surface area contributed by atoms with Gasteiger partial charge in [-0.15, -0.1) is 0 Å². The van der Waals surface area contributed by atoms with Crippen molar-refractivity contribution in [3.8, 4) is 0 Å². The molecule has 1 rings (SSSR count). The Balaban J connectivity index is 2.28. The van der Waals surface area contributed by atoms with Crippen molar-refractivity contribution in [2.45, 2.75) is 26.0 Å². The summed E-state index contributed by atoms with van der Waals surface area (Å²) in [7, 11) is 0. The molecule has 0 atom stereocenters. The first-order valence-corrected chi connectivity index (χ1v) is 6.96. The van der Waals surface area contributed by atoms with E-state index in [4.69, 9.17) is 0 Å². The third-order valence-corrected chi connectivity index (χ3v) is 3.87. The second kappa shape index (κ2) is 6.52. The molecule has 0 fully saturated rings. The average Bonchev–Trinajstić information content (AvgIpc) is 2.15. The minimum atomic E-state index is 0.821. The molecule has 0 unspecified atom stereocenters. The van der Waals surface area contributed by atoms with E-state index in [1.165, 1.54) is 22.2 Å². The van der Waals surface area contributed by atoms with Crippen LogP contribution in [0.3, 0.4) is 0 Å². The molecule has 0 aliphatic carbocycles. The third-order valence-electron chi connectivity index (χ3n) is 2.05. The van der Waals surface area contributed by atoms with Crippen molar-refractivity contribution in [2.75, 3.05) is 5.75 Å². The highest BCUT2D eigenvalue weighted by atomic mass is 79.9. The van der Waals surface area contributed by atoms with Gasteiger partial charge >= 0.3 is 0 Å². The summed E-state index contributed by atoms with van der Waals surface area (Å²) >= 11 is 5.58. The maximum Gasteiger partial charge on any atom is 0.0215 e. The van der Waals surface area contributed by atoms with Gasteiger partial charge in [-0.25, -0.2) is 0 Å². The van der Waals surface area contributed by atoms with Crippen LogP contribution in [-0.2, 0) is 5.75 Å².